The standard InChI is InChI=1S/C53H59N9O9.C53H60N8O8/c1-3-34-32-62(43-31-45(38-10-6-7-11-39(38)49(34)43)71-53(70)60-26-24-59(2)25-27-60)51(68)42-30-36-28-33(14-19-40(36)57-42)29-44(63)35-15-17-37(18-16-35)56-50(67)41(12-9-22-55-52(54)69)58-46(64)13-5-4-8-23-61-47(65)20-21-48(61)66;1-3-35-33-61(44-32-46(39-11-6-7-12-40(39)50(35)44)69-53(68)59-27-25-58(2)26-28-59)52(67)43-31-37-29-34(15-20-41(37)56-43)30-45(62)36-16-18-38(19-17-36)55-51(66)42(13-8-9-23-54)57-47(63)14-5-4-10-24-60-48(64)21-22-49(60)65/h6-7,10-11,14-21,28,30-31,34,41,57H,3-5,8-9,12-13,22-27,29,32H2,1-2H3,(H,56,67)(H,58,64)(H3,54,55,69);6-7,11-12,15-22,29,31-32,35,42,56H,3-5,8-10,13-14,23-28,30,33,54H2,1-2H3,(H,55,66)(H,57,63)/t34-,41+;35-,42+/m11/s1. The number of carbonyl (C=O) groups is 15. The first-order valence-corrected chi connectivity index (χ1v) is 48.2. The number of aromatic amines is 2. The summed E-state index contributed by atoms with van der Waals surface area (Å²) in [5, 5.41) is 18.9. The van der Waals surface area contributed by atoms with E-state index in [1.165, 1.54) is 29.2 Å². The number of imide groups is 2. The number of ketones is 2. The Balaban J connectivity index is 0.000000212. The molecule has 730 valence electrons. The molecule has 4 atom stereocenters. The number of aromatic nitrogens is 2. The zero-order valence-electron chi connectivity index (χ0n) is 79.2. The van der Waals surface area contributed by atoms with Crippen LogP contribution in [0.4, 0.5) is 37.1 Å². The molecular weight excluding hydrogens is 1780 g/mol. The lowest BCUT2D eigenvalue weighted by Crippen LogP contribution is -2.48. The highest BCUT2D eigenvalue weighted by Gasteiger charge is 2.40. The second-order valence-corrected chi connectivity index (χ2v) is 36.5. The number of ether oxygens (including phenoxy) is 2. The van der Waals surface area contributed by atoms with Crippen LogP contribution in [0, 0.1) is 0 Å². The molecule has 0 bridgehead atoms. The first kappa shape index (κ1) is 99.4. The molecule has 0 radical (unpaired) electrons. The quantitative estimate of drug-likeness (QED) is 0.00986. The lowest BCUT2D eigenvalue weighted by atomic mass is 9.93. The molecule has 11 N–H and O–H groups in total. The predicted molar refractivity (Wildman–Crippen MR) is 533 cm³/mol. The summed E-state index contributed by atoms with van der Waals surface area (Å²) in [5.74, 6) is -2.56. The van der Waals surface area contributed by atoms with Gasteiger partial charge in [0.1, 0.15) is 35.0 Å². The Morgan fingerprint density at radius 2 is 0.836 bits per heavy atom. The van der Waals surface area contributed by atoms with Gasteiger partial charge in [0.2, 0.25) is 23.6 Å². The predicted octanol–water partition coefficient (Wildman–Crippen LogP) is 12.7. The number of likely N-dealkylation sites (N-methyl/N-ethyl adjacent to an activating group) is 2. The van der Waals surface area contributed by atoms with Gasteiger partial charge in [0, 0.05) is 214 Å². The van der Waals surface area contributed by atoms with Gasteiger partial charge in [0.05, 0.1) is 11.4 Å². The van der Waals surface area contributed by atoms with Crippen LogP contribution in [0.5, 0.6) is 11.5 Å². The fourth-order valence-electron chi connectivity index (χ4n) is 18.8. The van der Waals surface area contributed by atoms with E-state index in [0.717, 1.165) is 115 Å². The molecule has 140 heavy (non-hydrogen) atoms. The van der Waals surface area contributed by atoms with E-state index < -0.39 is 36.2 Å². The number of unbranched alkanes of at least 4 members (excludes halogenated alkanes) is 5. The molecule has 6 aliphatic heterocycles. The van der Waals surface area contributed by atoms with E-state index in [4.69, 9.17) is 20.9 Å². The third-order valence-corrected chi connectivity index (χ3v) is 26.8. The van der Waals surface area contributed by atoms with Crippen molar-refractivity contribution in [1.82, 2.24) is 55.3 Å². The maximum absolute atomic E-state index is 14.4. The number of nitrogens with two attached hydrogens (primary N) is 2. The van der Waals surface area contributed by atoms with E-state index in [-0.39, 0.29) is 122 Å². The molecule has 16 rings (SSSR count). The number of fused-ring (bicyclic) bond motifs is 8. The Morgan fingerprint density at radius 3 is 1.22 bits per heavy atom. The molecule has 0 aliphatic carbocycles. The van der Waals surface area contributed by atoms with Gasteiger partial charge < -0.3 is 86.9 Å². The minimum Gasteiger partial charge on any atom is -0.409 e. The van der Waals surface area contributed by atoms with Crippen LogP contribution in [-0.2, 0) is 51.2 Å². The number of H-pyrrole nitrogens is 2. The zero-order valence-corrected chi connectivity index (χ0v) is 79.2. The van der Waals surface area contributed by atoms with Crippen molar-refractivity contribution >= 4 is 155 Å². The van der Waals surface area contributed by atoms with Gasteiger partial charge in [0.15, 0.2) is 11.6 Å². The molecular formula is C106H119N17O17. The third-order valence-electron chi connectivity index (χ3n) is 26.8. The summed E-state index contributed by atoms with van der Waals surface area (Å²) in [6.07, 6.45) is 11.9. The summed E-state index contributed by atoms with van der Waals surface area (Å²) >= 11 is 0. The number of anilines is 4. The van der Waals surface area contributed by atoms with Gasteiger partial charge in [-0.25, -0.2) is 14.4 Å². The number of rotatable bonds is 38. The Morgan fingerprint density at radius 1 is 0.443 bits per heavy atom. The molecule has 8 heterocycles. The second-order valence-electron chi connectivity index (χ2n) is 36.5. The van der Waals surface area contributed by atoms with Crippen molar-refractivity contribution in [3.63, 3.8) is 0 Å². The highest BCUT2D eigenvalue weighted by molar-refractivity contribution is 6.16. The first-order valence-electron chi connectivity index (χ1n) is 48.2. The average Bonchev–Trinajstić information content (AvgIpc) is 1.58. The molecule has 2 aromatic heterocycles. The number of nitrogens with one attached hydrogen (secondary N) is 7. The minimum absolute atomic E-state index is 0.0722. The van der Waals surface area contributed by atoms with Gasteiger partial charge in [-0.05, 0) is 209 Å². The number of hydrogen-bond donors (Lipinski definition) is 9. The Labute approximate surface area is 810 Å². The van der Waals surface area contributed by atoms with Crippen LogP contribution in [-0.4, -0.2) is 246 Å². The fraction of sp³-hybridized carbons (Fsp3) is 0.368. The van der Waals surface area contributed by atoms with Crippen molar-refractivity contribution in [3.8, 4) is 11.5 Å². The highest BCUT2D eigenvalue weighted by atomic mass is 16.6. The Kier molecular flexibility index (Phi) is 32.6. The zero-order chi connectivity index (χ0) is 98.8. The maximum atomic E-state index is 14.4. The van der Waals surface area contributed by atoms with Crippen molar-refractivity contribution in [2.45, 2.75) is 147 Å². The molecule has 2 saturated heterocycles. The van der Waals surface area contributed by atoms with E-state index in [1.54, 1.807) is 74.2 Å². The van der Waals surface area contributed by atoms with Crippen molar-refractivity contribution in [2.75, 3.05) is 126 Å². The van der Waals surface area contributed by atoms with E-state index in [1.807, 2.05) is 117 Å². The Hall–Kier alpha value is -15.0. The number of Topliss-reactive ketones (excluding diaryl/α,β-unsaturated/α-hetero) is 2. The summed E-state index contributed by atoms with van der Waals surface area (Å²) in [7, 11) is 4.06. The van der Waals surface area contributed by atoms with Crippen LogP contribution in [0.1, 0.15) is 186 Å². The maximum Gasteiger partial charge on any atom is 0.415 e. The van der Waals surface area contributed by atoms with Crippen LogP contribution in [0.25, 0.3) is 43.4 Å². The molecule has 0 unspecified atom stereocenters. The minimum atomic E-state index is -0.931. The fourth-order valence-corrected chi connectivity index (χ4v) is 18.8. The summed E-state index contributed by atoms with van der Waals surface area (Å²) in [4.78, 5) is 214. The smallest absolute Gasteiger partial charge is 0.409 e. The number of nitrogens with zero attached hydrogens (tertiary/aromatic N) is 8. The summed E-state index contributed by atoms with van der Waals surface area (Å²) < 4.78 is 12.2. The van der Waals surface area contributed by atoms with Crippen LogP contribution in [0.15, 0.2) is 182 Å². The van der Waals surface area contributed by atoms with Crippen molar-refractivity contribution in [3.05, 3.63) is 227 Å². The molecule has 8 aromatic carbocycles. The van der Waals surface area contributed by atoms with E-state index in [2.05, 4.69) is 60.2 Å². The summed E-state index contributed by atoms with van der Waals surface area (Å²) in [6, 6.07) is 44.9. The molecule has 6 aliphatic rings. The number of urea groups is 1. The molecule has 14 amide bonds. The van der Waals surface area contributed by atoms with Gasteiger partial charge in [-0.15, -0.1) is 0 Å². The van der Waals surface area contributed by atoms with Gasteiger partial charge >= 0.3 is 18.2 Å². The van der Waals surface area contributed by atoms with Gasteiger partial charge in [-0.2, -0.15) is 0 Å². The molecule has 2 fully saturated rings. The third kappa shape index (κ3) is 24.2. The van der Waals surface area contributed by atoms with Crippen LogP contribution < -0.4 is 57.3 Å². The lowest BCUT2D eigenvalue weighted by molar-refractivity contribution is -0.138. The van der Waals surface area contributed by atoms with Gasteiger partial charge in [-0.3, -0.25) is 67.3 Å². The van der Waals surface area contributed by atoms with Crippen LogP contribution >= 0.6 is 0 Å². The summed E-state index contributed by atoms with van der Waals surface area (Å²) in [6.45, 7) is 11.7. The number of benzene rings is 8. The van der Waals surface area contributed by atoms with E-state index >= 15 is 0 Å². The van der Waals surface area contributed by atoms with Gasteiger partial charge in [0.25, 0.3) is 35.4 Å². The van der Waals surface area contributed by atoms with Gasteiger partial charge in [-0.1, -0.05) is 87.4 Å². The molecule has 10 aromatic rings. The SMILES string of the molecule is CC[C@@H]1CN(C(=O)c2cc3cc(CC(=O)c4ccc(NC(=O)[C@H](CCCCN)NC(=O)CCCCCN5C(=O)C=CC5=O)cc4)ccc3[nH]2)c2cc(OC(=O)N3CCN(C)CC3)c3ccccc3c21.CC[C@@H]1CN(C(=O)c2cc3cc(CC(=O)c4ccc(NC(=O)[C@H](CCCNC(N)=O)NC(=O)CCCCCN5C(=O)C=CC5=O)cc4)ccc3[nH]2)c2cc(OC(=O)N3CCN(C)CC3)c3ccccc3c21. The molecule has 0 spiro atoms. The lowest BCUT2D eigenvalue weighted by Gasteiger charge is -2.31. The largest absolute Gasteiger partial charge is 0.415 e. The van der Waals surface area contributed by atoms with Crippen molar-refractivity contribution in [1.29, 1.82) is 0 Å². The van der Waals surface area contributed by atoms with E-state index in [0.29, 0.717) is 168 Å². The number of primary amides is 1. The molecule has 0 saturated carbocycles. The summed E-state index contributed by atoms with van der Waals surface area (Å²) in [5.41, 5.74) is 20.0. The number of piperazine rings is 2. The average molecular weight is 1900 g/mol. The normalized spacial score (nSPS) is 16.2. The van der Waals surface area contributed by atoms with E-state index in [9.17, 15) is 71.9 Å². The highest BCUT2D eigenvalue weighted by Crippen LogP contribution is 2.49. The van der Waals surface area contributed by atoms with Crippen LogP contribution in [0.3, 0.4) is 0 Å². The number of carbonyl (C=O) groups excluding carboxylic acids is 15. The van der Waals surface area contributed by atoms with Crippen LogP contribution in [0.2, 0.25) is 0 Å². The monoisotopic (exact) mass is 1900 g/mol. The number of amides is 14. The Bertz CT molecular complexity index is 6430. The molecule has 34 heteroatoms. The first-order chi connectivity index (χ1) is 67.6. The topological polar surface area (TPSA) is 444 Å². The number of hydrogen-bond acceptors (Lipinski definition) is 20. The second kappa shape index (κ2) is 46.0. The van der Waals surface area contributed by atoms with Crippen molar-refractivity contribution < 1.29 is 81.4 Å². The molecule has 34 nitrogen and oxygen atoms in total. The van der Waals surface area contributed by atoms with Crippen molar-refractivity contribution in [2.24, 2.45) is 11.5 Å².